The Hall–Kier alpha value is -2.77. The number of allylic oxidation sites excluding steroid dienone is 3. The van der Waals surface area contributed by atoms with Crippen molar-refractivity contribution in [2.45, 2.75) is 88.8 Å². The maximum absolute atomic E-state index is 15.3. The van der Waals surface area contributed by atoms with Crippen LogP contribution in [0, 0.1) is 41.0 Å². The van der Waals surface area contributed by atoms with Gasteiger partial charge in [-0.25, -0.2) is 17.6 Å². The second-order valence-electron chi connectivity index (χ2n) is 11.9. The summed E-state index contributed by atoms with van der Waals surface area (Å²) in [6, 6.07) is 4.56. The standard InChI is InChI=1S/C33H35F7O/c1-2-19-3-5-20(6-4-19)21-7-9-22(10-8-21)25-15-27(34)31(28(35)16-25)24-13-11-23(12-14-24)26-17-29(36)32(30(37)18-26)41-33(38,39)40/h2,13,15-23H,1,3-12,14H2. The van der Waals surface area contributed by atoms with Crippen molar-refractivity contribution < 1.29 is 35.5 Å². The molecule has 0 bridgehead atoms. The van der Waals surface area contributed by atoms with E-state index in [1.807, 2.05) is 0 Å². The average Bonchev–Trinajstić information content (AvgIpc) is 2.94. The molecule has 3 aliphatic rings. The lowest BCUT2D eigenvalue weighted by Gasteiger charge is -2.37. The highest BCUT2D eigenvalue weighted by Crippen LogP contribution is 2.45. The van der Waals surface area contributed by atoms with Crippen molar-refractivity contribution in [3.05, 3.63) is 83.0 Å². The van der Waals surface area contributed by atoms with Crippen molar-refractivity contribution in [2.24, 2.45) is 17.8 Å². The van der Waals surface area contributed by atoms with Gasteiger partial charge in [0.1, 0.15) is 11.6 Å². The first kappa shape index (κ1) is 29.7. The van der Waals surface area contributed by atoms with E-state index >= 15 is 8.78 Å². The highest BCUT2D eigenvalue weighted by molar-refractivity contribution is 5.68. The highest BCUT2D eigenvalue weighted by Gasteiger charge is 2.35. The van der Waals surface area contributed by atoms with Gasteiger partial charge in [-0.2, -0.15) is 0 Å². The minimum atomic E-state index is -5.22. The summed E-state index contributed by atoms with van der Waals surface area (Å²) in [5.41, 5.74) is 1.27. The number of alkyl halides is 3. The number of halogens is 7. The number of benzene rings is 2. The van der Waals surface area contributed by atoms with E-state index in [2.05, 4.69) is 17.4 Å². The topological polar surface area (TPSA) is 9.23 Å². The molecule has 0 saturated heterocycles. The highest BCUT2D eigenvalue weighted by atomic mass is 19.4. The van der Waals surface area contributed by atoms with Gasteiger partial charge in [0, 0.05) is 5.56 Å². The van der Waals surface area contributed by atoms with Crippen molar-refractivity contribution >= 4 is 5.57 Å². The Morgan fingerprint density at radius 3 is 1.68 bits per heavy atom. The van der Waals surface area contributed by atoms with E-state index in [0.29, 0.717) is 29.4 Å². The predicted molar refractivity (Wildman–Crippen MR) is 144 cm³/mol. The van der Waals surface area contributed by atoms with E-state index in [1.165, 1.54) is 37.8 Å². The lowest BCUT2D eigenvalue weighted by Crippen LogP contribution is -2.25. The monoisotopic (exact) mass is 580 g/mol. The van der Waals surface area contributed by atoms with Crippen LogP contribution in [0.2, 0.25) is 0 Å². The van der Waals surface area contributed by atoms with E-state index in [4.69, 9.17) is 0 Å². The third-order valence-corrected chi connectivity index (χ3v) is 9.57. The maximum Gasteiger partial charge on any atom is 0.573 e. The van der Waals surface area contributed by atoms with E-state index in [0.717, 1.165) is 43.7 Å². The SMILES string of the molecule is C=CC1CCC(C2CCC(c3cc(F)c(C4=CCC(c5cc(F)c(OC(F)(F)F)c(F)c5)CC4)c(F)c3)CC2)CC1. The molecule has 0 spiro atoms. The molecule has 8 heteroatoms. The van der Waals surface area contributed by atoms with Gasteiger partial charge in [0.25, 0.3) is 0 Å². The molecule has 0 amide bonds. The molecule has 2 aromatic carbocycles. The first-order chi connectivity index (χ1) is 19.5. The van der Waals surface area contributed by atoms with Crippen LogP contribution in [0.5, 0.6) is 5.75 Å². The van der Waals surface area contributed by atoms with Crippen LogP contribution in [0.3, 0.4) is 0 Å². The summed E-state index contributed by atoms with van der Waals surface area (Å²) in [7, 11) is 0. The van der Waals surface area contributed by atoms with E-state index in [1.54, 1.807) is 6.08 Å². The molecule has 1 nitrogen and oxygen atoms in total. The van der Waals surface area contributed by atoms with Crippen LogP contribution in [0.4, 0.5) is 30.7 Å². The minimum absolute atomic E-state index is 0.0776. The molecule has 2 saturated carbocycles. The van der Waals surface area contributed by atoms with E-state index in [9.17, 15) is 22.0 Å². The second kappa shape index (κ2) is 12.2. The van der Waals surface area contributed by atoms with Crippen LogP contribution < -0.4 is 4.74 Å². The summed E-state index contributed by atoms with van der Waals surface area (Å²) in [6.45, 7) is 3.93. The normalized spacial score (nSPS) is 27.3. The molecule has 2 aromatic rings. The summed E-state index contributed by atoms with van der Waals surface area (Å²) in [4.78, 5) is 0. The van der Waals surface area contributed by atoms with Gasteiger partial charge < -0.3 is 4.74 Å². The zero-order valence-corrected chi connectivity index (χ0v) is 22.9. The third kappa shape index (κ3) is 6.83. The van der Waals surface area contributed by atoms with Crippen molar-refractivity contribution in [2.75, 3.05) is 0 Å². The molecular formula is C33H35F7O. The average molecular weight is 581 g/mol. The molecule has 0 radical (unpaired) electrons. The second-order valence-corrected chi connectivity index (χ2v) is 11.9. The largest absolute Gasteiger partial charge is 0.573 e. The third-order valence-electron chi connectivity index (χ3n) is 9.57. The Morgan fingerprint density at radius 2 is 1.20 bits per heavy atom. The van der Waals surface area contributed by atoms with Crippen LogP contribution >= 0.6 is 0 Å². The molecule has 0 aliphatic heterocycles. The summed E-state index contributed by atoms with van der Waals surface area (Å²) in [5.74, 6) is -3.84. The zero-order chi connectivity index (χ0) is 29.3. The number of hydrogen-bond acceptors (Lipinski definition) is 1. The summed E-state index contributed by atoms with van der Waals surface area (Å²) in [5, 5.41) is 0. The van der Waals surface area contributed by atoms with Crippen molar-refractivity contribution in [3.8, 4) is 5.75 Å². The lowest BCUT2D eigenvalue weighted by atomic mass is 9.68. The molecule has 0 N–H and O–H groups in total. The van der Waals surface area contributed by atoms with Gasteiger partial charge in [0.05, 0.1) is 0 Å². The predicted octanol–water partition coefficient (Wildman–Crippen LogP) is 10.8. The van der Waals surface area contributed by atoms with Crippen LogP contribution in [0.1, 0.15) is 99.2 Å². The van der Waals surface area contributed by atoms with E-state index in [-0.39, 0.29) is 29.9 Å². The van der Waals surface area contributed by atoms with Gasteiger partial charge in [-0.1, -0.05) is 12.2 Å². The van der Waals surface area contributed by atoms with Crippen molar-refractivity contribution in [1.82, 2.24) is 0 Å². The Morgan fingerprint density at radius 1 is 0.683 bits per heavy atom. The minimum Gasteiger partial charge on any atom is -0.399 e. The van der Waals surface area contributed by atoms with Crippen molar-refractivity contribution in [1.29, 1.82) is 0 Å². The number of hydrogen-bond donors (Lipinski definition) is 0. The van der Waals surface area contributed by atoms with Gasteiger partial charge in [0.2, 0.25) is 5.75 Å². The van der Waals surface area contributed by atoms with Crippen LogP contribution in [0.15, 0.2) is 43.0 Å². The molecule has 3 aliphatic carbocycles. The molecule has 5 rings (SSSR count). The molecule has 0 heterocycles. The fourth-order valence-corrected chi connectivity index (χ4v) is 7.30. The Bertz CT molecular complexity index is 1230. The Labute approximate surface area is 236 Å². The van der Waals surface area contributed by atoms with E-state index < -0.39 is 41.3 Å². The quantitative estimate of drug-likeness (QED) is 0.244. The number of ether oxygens (including phenoxy) is 1. The summed E-state index contributed by atoms with van der Waals surface area (Å²) >= 11 is 0. The molecule has 41 heavy (non-hydrogen) atoms. The summed E-state index contributed by atoms with van der Waals surface area (Å²) < 4.78 is 99.8. The van der Waals surface area contributed by atoms with Crippen LogP contribution in [-0.2, 0) is 0 Å². The first-order valence-electron chi connectivity index (χ1n) is 14.6. The van der Waals surface area contributed by atoms with Gasteiger partial charge in [-0.05, 0) is 141 Å². The molecular weight excluding hydrogens is 545 g/mol. The Kier molecular flexibility index (Phi) is 8.86. The summed E-state index contributed by atoms with van der Waals surface area (Å²) in [6.07, 6.45) is 8.25. The molecule has 1 atom stereocenters. The first-order valence-corrected chi connectivity index (χ1v) is 14.6. The van der Waals surface area contributed by atoms with Crippen LogP contribution in [0.25, 0.3) is 5.57 Å². The van der Waals surface area contributed by atoms with Gasteiger partial charge in [0.15, 0.2) is 11.6 Å². The zero-order valence-electron chi connectivity index (χ0n) is 22.9. The van der Waals surface area contributed by atoms with Gasteiger partial charge in [-0.15, -0.1) is 19.8 Å². The fraction of sp³-hybridized carbons (Fsp3) is 0.515. The van der Waals surface area contributed by atoms with Crippen LogP contribution in [-0.4, -0.2) is 6.36 Å². The number of rotatable bonds is 6. The molecule has 0 aromatic heterocycles. The molecule has 2 fully saturated rings. The van der Waals surface area contributed by atoms with Crippen molar-refractivity contribution in [3.63, 3.8) is 0 Å². The maximum atomic E-state index is 15.3. The molecule has 1 unspecified atom stereocenters. The lowest BCUT2D eigenvalue weighted by molar-refractivity contribution is -0.276. The van der Waals surface area contributed by atoms with Gasteiger partial charge in [-0.3, -0.25) is 0 Å². The molecule has 222 valence electrons. The smallest absolute Gasteiger partial charge is 0.399 e. The van der Waals surface area contributed by atoms with Gasteiger partial charge >= 0.3 is 6.36 Å². The Balaban J connectivity index is 1.23. The fourth-order valence-electron chi connectivity index (χ4n) is 7.30.